The topological polar surface area (TPSA) is 81.0 Å². The molecule has 0 radical (unpaired) electrons. The molecule has 0 saturated carbocycles. The van der Waals surface area contributed by atoms with Gasteiger partial charge in [0.05, 0.1) is 27.9 Å². The number of nitrogens with one attached hydrogen (secondary N) is 2. The highest BCUT2D eigenvalue weighted by Gasteiger charge is 2.26. The van der Waals surface area contributed by atoms with Crippen LogP contribution in [-0.4, -0.2) is 37.1 Å². The van der Waals surface area contributed by atoms with E-state index in [1.165, 1.54) is 0 Å². The van der Waals surface area contributed by atoms with Gasteiger partial charge in [0.2, 0.25) is 0 Å². The SMILES string of the molecule is N#Cc1cccc2c1CC[C@H]2NC(=O)c1ccc2nc(N3CCNCC3)sc2c1. The summed E-state index contributed by atoms with van der Waals surface area (Å²) in [5.41, 5.74) is 4.43. The first kappa shape index (κ1) is 18.1. The number of hydrogen-bond donors (Lipinski definition) is 2. The zero-order chi connectivity index (χ0) is 19.8. The maximum atomic E-state index is 12.9. The molecule has 2 N–H and O–H groups in total. The molecular weight excluding hydrogens is 382 g/mol. The van der Waals surface area contributed by atoms with Gasteiger partial charge in [-0.25, -0.2) is 4.98 Å². The van der Waals surface area contributed by atoms with Crippen LogP contribution >= 0.6 is 11.3 Å². The van der Waals surface area contributed by atoms with Crippen LogP contribution < -0.4 is 15.5 Å². The number of rotatable bonds is 3. The molecule has 0 spiro atoms. The Morgan fingerprint density at radius 1 is 1.28 bits per heavy atom. The molecule has 1 saturated heterocycles. The predicted molar refractivity (Wildman–Crippen MR) is 114 cm³/mol. The van der Waals surface area contributed by atoms with Crippen molar-refractivity contribution in [2.24, 2.45) is 0 Å². The van der Waals surface area contributed by atoms with E-state index >= 15 is 0 Å². The van der Waals surface area contributed by atoms with Crippen molar-refractivity contribution in [2.45, 2.75) is 18.9 Å². The van der Waals surface area contributed by atoms with Crippen molar-refractivity contribution in [3.8, 4) is 6.07 Å². The Kier molecular flexibility index (Phi) is 4.66. The first-order valence-corrected chi connectivity index (χ1v) is 10.7. The number of hydrogen-bond acceptors (Lipinski definition) is 6. The third-order valence-electron chi connectivity index (χ3n) is 5.72. The number of fused-ring (bicyclic) bond motifs is 2. The van der Waals surface area contributed by atoms with Gasteiger partial charge in [-0.1, -0.05) is 23.5 Å². The predicted octanol–water partition coefficient (Wildman–Crippen LogP) is 2.99. The van der Waals surface area contributed by atoms with Crippen LogP contribution in [-0.2, 0) is 6.42 Å². The first-order chi connectivity index (χ1) is 14.2. The van der Waals surface area contributed by atoms with Gasteiger partial charge in [0.25, 0.3) is 5.91 Å². The molecule has 0 bridgehead atoms. The van der Waals surface area contributed by atoms with Crippen LogP contribution in [0.1, 0.15) is 39.5 Å². The monoisotopic (exact) mass is 403 g/mol. The van der Waals surface area contributed by atoms with E-state index in [2.05, 4.69) is 21.6 Å². The van der Waals surface area contributed by atoms with Crippen LogP contribution in [0.4, 0.5) is 5.13 Å². The lowest BCUT2D eigenvalue weighted by molar-refractivity contribution is 0.0937. The highest BCUT2D eigenvalue weighted by Crippen LogP contribution is 2.34. The Morgan fingerprint density at radius 2 is 2.14 bits per heavy atom. The summed E-state index contributed by atoms with van der Waals surface area (Å²) in [7, 11) is 0. The van der Waals surface area contributed by atoms with E-state index < -0.39 is 0 Å². The van der Waals surface area contributed by atoms with E-state index in [-0.39, 0.29) is 11.9 Å². The van der Waals surface area contributed by atoms with E-state index in [4.69, 9.17) is 4.98 Å². The summed E-state index contributed by atoms with van der Waals surface area (Å²) in [5, 5.41) is 16.8. The van der Waals surface area contributed by atoms with Gasteiger partial charge >= 0.3 is 0 Å². The summed E-state index contributed by atoms with van der Waals surface area (Å²) in [6.45, 7) is 3.86. The summed E-state index contributed by atoms with van der Waals surface area (Å²) in [5.74, 6) is -0.0794. The van der Waals surface area contributed by atoms with Crippen molar-refractivity contribution in [3.63, 3.8) is 0 Å². The number of thiazole rings is 1. The van der Waals surface area contributed by atoms with Crippen LogP contribution in [0.2, 0.25) is 0 Å². The Bertz CT molecular complexity index is 1130. The Labute approximate surface area is 173 Å². The third-order valence-corrected chi connectivity index (χ3v) is 6.80. The van der Waals surface area contributed by atoms with Gasteiger partial charge in [0, 0.05) is 31.7 Å². The molecule has 3 aromatic rings. The molecule has 6 nitrogen and oxygen atoms in total. The lowest BCUT2D eigenvalue weighted by Gasteiger charge is -2.26. The standard InChI is InChI=1S/C22H21N5OS/c23-13-15-2-1-3-17-16(15)5-7-18(17)25-21(28)14-4-6-19-20(12-14)29-22(26-19)27-10-8-24-9-11-27/h1-4,6,12,18,24H,5,7-11H2,(H,25,28)/t18-/m1/s1. The molecule has 146 valence electrons. The third kappa shape index (κ3) is 3.35. The average molecular weight is 404 g/mol. The number of anilines is 1. The highest BCUT2D eigenvalue weighted by molar-refractivity contribution is 7.22. The van der Waals surface area contributed by atoms with Gasteiger partial charge in [-0.3, -0.25) is 4.79 Å². The quantitative estimate of drug-likeness (QED) is 0.703. The minimum atomic E-state index is -0.0794. The second-order valence-corrected chi connectivity index (χ2v) is 8.47. The van der Waals surface area contributed by atoms with Crippen molar-refractivity contribution in [1.82, 2.24) is 15.6 Å². The lowest BCUT2D eigenvalue weighted by atomic mass is 10.0. The average Bonchev–Trinajstić information content (AvgIpc) is 3.38. The zero-order valence-corrected chi connectivity index (χ0v) is 16.8. The fourth-order valence-electron chi connectivity index (χ4n) is 4.20. The summed E-state index contributed by atoms with van der Waals surface area (Å²) >= 11 is 1.64. The summed E-state index contributed by atoms with van der Waals surface area (Å²) in [4.78, 5) is 19.9. The van der Waals surface area contributed by atoms with Crippen molar-refractivity contribution in [2.75, 3.05) is 31.1 Å². The minimum Gasteiger partial charge on any atom is -0.346 e. The van der Waals surface area contributed by atoms with Gasteiger partial charge in [0.15, 0.2) is 5.13 Å². The number of carbonyl (C=O) groups excluding carboxylic acids is 1. The van der Waals surface area contributed by atoms with Crippen LogP contribution in [0.25, 0.3) is 10.2 Å². The fourth-order valence-corrected chi connectivity index (χ4v) is 5.25. The van der Waals surface area contributed by atoms with Gasteiger partial charge < -0.3 is 15.5 Å². The van der Waals surface area contributed by atoms with Gasteiger partial charge in [-0.2, -0.15) is 5.26 Å². The van der Waals surface area contributed by atoms with Gasteiger partial charge in [-0.15, -0.1) is 0 Å². The van der Waals surface area contributed by atoms with Crippen molar-refractivity contribution in [1.29, 1.82) is 5.26 Å². The molecule has 2 heterocycles. The Morgan fingerprint density at radius 3 is 2.97 bits per heavy atom. The second-order valence-electron chi connectivity index (χ2n) is 7.47. The minimum absolute atomic E-state index is 0.0423. The molecule has 1 aromatic heterocycles. The number of carbonyl (C=O) groups is 1. The molecule has 1 aliphatic heterocycles. The van der Waals surface area contributed by atoms with E-state index in [1.54, 1.807) is 11.3 Å². The molecule has 2 aromatic carbocycles. The van der Waals surface area contributed by atoms with Crippen molar-refractivity contribution in [3.05, 3.63) is 58.7 Å². The Balaban J connectivity index is 1.36. The van der Waals surface area contributed by atoms with Crippen LogP contribution in [0.5, 0.6) is 0 Å². The number of amides is 1. The molecular formula is C22H21N5OS. The smallest absolute Gasteiger partial charge is 0.251 e. The number of aromatic nitrogens is 1. The molecule has 1 fully saturated rings. The largest absolute Gasteiger partial charge is 0.346 e. The Hall–Kier alpha value is -2.95. The van der Waals surface area contributed by atoms with E-state index in [1.807, 2.05) is 36.4 Å². The van der Waals surface area contributed by atoms with E-state index in [0.29, 0.717) is 11.1 Å². The van der Waals surface area contributed by atoms with Crippen molar-refractivity contribution < 1.29 is 4.79 Å². The molecule has 0 unspecified atom stereocenters. The van der Waals surface area contributed by atoms with E-state index in [9.17, 15) is 10.1 Å². The van der Waals surface area contributed by atoms with E-state index in [0.717, 1.165) is 65.5 Å². The molecule has 1 aliphatic carbocycles. The molecule has 5 rings (SSSR count). The number of benzene rings is 2. The van der Waals surface area contributed by atoms with Crippen LogP contribution in [0.15, 0.2) is 36.4 Å². The molecule has 29 heavy (non-hydrogen) atoms. The first-order valence-electron chi connectivity index (χ1n) is 9.92. The summed E-state index contributed by atoms with van der Waals surface area (Å²) in [6.07, 6.45) is 1.65. The summed E-state index contributed by atoms with van der Waals surface area (Å²) < 4.78 is 1.03. The number of nitrogens with zero attached hydrogens (tertiary/aromatic N) is 3. The fraction of sp³-hybridized carbons (Fsp3) is 0.318. The molecule has 7 heteroatoms. The zero-order valence-electron chi connectivity index (χ0n) is 15.9. The highest BCUT2D eigenvalue weighted by atomic mass is 32.1. The maximum Gasteiger partial charge on any atom is 0.251 e. The molecule has 1 atom stereocenters. The maximum absolute atomic E-state index is 12.9. The van der Waals surface area contributed by atoms with Crippen molar-refractivity contribution >= 4 is 32.6 Å². The lowest BCUT2D eigenvalue weighted by Crippen LogP contribution is -2.43. The van der Waals surface area contributed by atoms with Gasteiger partial charge in [0.1, 0.15) is 0 Å². The number of nitriles is 1. The normalized spacial score (nSPS) is 18.4. The molecule has 1 amide bonds. The second kappa shape index (κ2) is 7.47. The van der Waals surface area contributed by atoms with Gasteiger partial charge in [-0.05, 0) is 48.2 Å². The van der Waals surface area contributed by atoms with Crippen LogP contribution in [0.3, 0.4) is 0 Å². The summed E-state index contributed by atoms with van der Waals surface area (Å²) in [6, 6.07) is 13.7. The van der Waals surface area contributed by atoms with Crippen LogP contribution in [0, 0.1) is 11.3 Å². The molecule has 2 aliphatic rings. The number of piperazine rings is 1.